The zero-order valence-electron chi connectivity index (χ0n) is 20.1. The Balaban J connectivity index is 1.48. The zero-order chi connectivity index (χ0) is 27.5. The summed E-state index contributed by atoms with van der Waals surface area (Å²) in [7, 11) is -3.71. The predicted octanol–water partition coefficient (Wildman–Crippen LogP) is 3.96. The van der Waals surface area contributed by atoms with Gasteiger partial charge in [-0.1, -0.05) is 17.7 Å². The normalized spacial score (nSPS) is 25.2. The number of fused-ring (bicyclic) bond motifs is 1. The third-order valence-electron chi connectivity index (χ3n) is 7.06. The number of halogens is 4. The minimum Gasteiger partial charge on any atom is -0.393 e. The number of nitrogens with one attached hydrogen (secondary N) is 1. The molecule has 6 rings (SSSR count). The summed E-state index contributed by atoms with van der Waals surface area (Å²) in [5, 5.41) is 15.4. The first-order valence-corrected chi connectivity index (χ1v) is 14.9. The van der Waals surface area contributed by atoms with Gasteiger partial charge >= 0.3 is 6.55 Å². The average Bonchev–Trinajstić information content (AvgIpc) is 3.61. The van der Waals surface area contributed by atoms with Crippen LogP contribution in [0.4, 0.5) is 13.2 Å². The van der Waals surface area contributed by atoms with Gasteiger partial charge in [-0.15, -0.1) is 11.3 Å². The van der Waals surface area contributed by atoms with Gasteiger partial charge in [0.05, 0.1) is 17.0 Å². The number of thiazole rings is 1. The van der Waals surface area contributed by atoms with E-state index in [0.29, 0.717) is 32.4 Å². The molecule has 1 aliphatic carbocycles. The van der Waals surface area contributed by atoms with Gasteiger partial charge in [0, 0.05) is 58.6 Å². The lowest BCUT2D eigenvalue weighted by Crippen LogP contribution is -2.49. The highest BCUT2D eigenvalue weighted by Gasteiger charge is 2.44. The van der Waals surface area contributed by atoms with Crippen molar-refractivity contribution < 1.29 is 26.7 Å². The van der Waals surface area contributed by atoms with Crippen LogP contribution in [0.1, 0.15) is 48.1 Å². The van der Waals surface area contributed by atoms with Gasteiger partial charge in [-0.2, -0.15) is 13.9 Å². The molecule has 4 heterocycles. The number of alkyl halides is 2. The minimum absolute atomic E-state index is 0.0980. The lowest BCUT2D eigenvalue weighted by molar-refractivity contribution is 0.0564. The number of sulfonamides is 1. The van der Waals surface area contributed by atoms with Crippen LogP contribution in [0.5, 0.6) is 0 Å². The number of amidine groups is 1. The Kier molecular flexibility index (Phi) is 6.78. The van der Waals surface area contributed by atoms with Crippen LogP contribution < -0.4 is 4.72 Å². The summed E-state index contributed by atoms with van der Waals surface area (Å²) in [5.41, 5.74) is 1.74. The highest BCUT2D eigenvalue weighted by Crippen LogP contribution is 2.46. The van der Waals surface area contributed by atoms with Gasteiger partial charge in [0.1, 0.15) is 11.9 Å². The van der Waals surface area contributed by atoms with Crippen molar-refractivity contribution in [2.24, 2.45) is 4.99 Å². The van der Waals surface area contributed by atoms with Gasteiger partial charge in [-0.3, -0.25) is 4.99 Å². The molecule has 9 nitrogen and oxygen atoms in total. The van der Waals surface area contributed by atoms with Crippen molar-refractivity contribution in [2.75, 3.05) is 6.54 Å². The number of aliphatic hydroxyl groups is 1. The van der Waals surface area contributed by atoms with Gasteiger partial charge in [-0.05, 0) is 31.0 Å². The average molecular weight is 599 g/mol. The van der Waals surface area contributed by atoms with Crippen molar-refractivity contribution in [2.45, 2.75) is 49.2 Å². The predicted molar refractivity (Wildman–Crippen MR) is 139 cm³/mol. The van der Waals surface area contributed by atoms with E-state index in [1.165, 1.54) is 29.5 Å². The van der Waals surface area contributed by atoms with E-state index in [2.05, 4.69) is 14.8 Å². The van der Waals surface area contributed by atoms with Crippen LogP contribution in [0.2, 0.25) is 5.02 Å². The van der Waals surface area contributed by atoms with Gasteiger partial charge in [-0.25, -0.2) is 27.2 Å². The van der Waals surface area contributed by atoms with Gasteiger partial charge < -0.3 is 10.0 Å². The number of benzene rings is 1. The number of nitrogens with zero attached hydrogens (tertiary/aromatic N) is 5. The van der Waals surface area contributed by atoms with E-state index in [4.69, 9.17) is 16.6 Å². The van der Waals surface area contributed by atoms with Gasteiger partial charge in [0.15, 0.2) is 10.8 Å². The summed E-state index contributed by atoms with van der Waals surface area (Å²) in [5.74, 6) is -0.0823. The second-order valence-electron chi connectivity index (χ2n) is 9.60. The summed E-state index contributed by atoms with van der Waals surface area (Å²) in [4.78, 5) is 11.1. The summed E-state index contributed by atoms with van der Waals surface area (Å²) in [6.07, 6.45) is 2.68. The first kappa shape index (κ1) is 26.4. The Morgan fingerprint density at radius 3 is 2.67 bits per heavy atom. The van der Waals surface area contributed by atoms with E-state index in [9.17, 15) is 26.7 Å². The molecule has 2 atom stereocenters. The number of hydrogen-bond acceptors (Lipinski definition) is 8. The monoisotopic (exact) mass is 598 g/mol. The topological polar surface area (TPSA) is 113 Å². The fourth-order valence-corrected chi connectivity index (χ4v) is 7.83. The molecular formula is C24H22ClF3N6O3S2. The standard InChI is InChI=1S/C24H22ClF3N6O3S2/c25-17-7-12(26)1-2-16(17)21-20(18-3-5-34(31-18)24(27)28)19-8-13(32-39(36,37)15-9-14(35)10-15)11-33(19)22(30-21)23-29-4-6-38-23/h1-7,13-15,21,24,32,35H,8-11H2/t13-,14?,15?,21-/m0/s1. The van der Waals surface area contributed by atoms with Crippen molar-refractivity contribution >= 4 is 44.4 Å². The van der Waals surface area contributed by atoms with Crippen LogP contribution in [0.3, 0.4) is 0 Å². The quantitative estimate of drug-likeness (QED) is 0.426. The second-order valence-corrected chi connectivity index (χ2v) is 12.9. The van der Waals surface area contributed by atoms with Crippen LogP contribution in [0, 0.1) is 5.82 Å². The molecule has 2 aliphatic heterocycles. The molecule has 1 saturated heterocycles. The van der Waals surface area contributed by atoms with E-state index < -0.39 is 45.8 Å². The maximum atomic E-state index is 13.9. The minimum atomic E-state index is -3.71. The molecular weight excluding hydrogens is 577 g/mol. The van der Waals surface area contributed by atoms with E-state index in [0.717, 1.165) is 12.3 Å². The Labute approximate surface area is 230 Å². The first-order valence-electron chi connectivity index (χ1n) is 12.1. The third-order valence-corrected chi connectivity index (χ3v) is 10.1. The molecule has 0 radical (unpaired) electrons. The Morgan fingerprint density at radius 2 is 2.03 bits per heavy atom. The fourth-order valence-electron chi connectivity index (χ4n) is 5.15. The van der Waals surface area contributed by atoms with Crippen molar-refractivity contribution in [3.8, 4) is 0 Å². The molecule has 1 aromatic carbocycles. The maximum absolute atomic E-state index is 13.9. The highest BCUT2D eigenvalue weighted by atomic mass is 35.5. The molecule has 2 aromatic heterocycles. The molecule has 39 heavy (non-hydrogen) atoms. The highest BCUT2D eigenvalue weighted by molar-refractivity contribution is 7.90. The van der Waals surface area contributed by atoms with Crippen molar-refractivity contribution in [1.29, 1.82) is 0 Å². The summed E-state index contributed by atoms with van der Waals surface area (Å²) in [6, 6.07) is 3.91. The maximum Gasteiger partial charge on any atom is 0.333 e. The third kappa shape index (κ3) is 4.88. The Bertz CT molecular complexity index is 1570. The molecule has 1 saturated carbocycles. The molecule has 0 amide bonds. The van der Waals surface area contributed by atoms with Crippen LogP contribution in [0.15, 0.2) is 52.7 Å². The SMILES string of the molecule is O=S(=O)(N[C@H]1CC2=C(c3ccn(C(F)F)n3)[C@H](c3ccc(F)cc3Cl)N=C(c3nccs3)N2C1)C1CC(O)C1. The lowest BCUT2D eigenvalue weighted by atomic mass is 9.92. The second kappa shape index (κ2) is 10.0. The van der Waals surface area contributed by atoms with Crippen molar-refractivity contribution in [1.82, 2.24) is 24.4 Å². The van der Waals surface area contributed by atoms with Gasteiger partial charge in [0.2, 0.25) is 10.0 Å². The largest absolute Gasteiger partial charge is 0.393 e. The van der Waals surface area contributed by atoms with Crippen LogP contribution in [0.25, 0.3) is 5.57 Å². The lowest BCUT2D eigenvalue weighted by Gasteiger charge is -2.32. The number of aliphatic hydroxyl groups excluding tert-OH is 1. The van der Waals surface area contributed by atoms with Crippen LogP contribution >= 0.6 is 22.9 Å². The molecule has 15 heteroatoms. The number of rotatable bonds is 7. The molecule has 0 spiro atoms. The summed E-state index contributed by atoms with van der Waals surface area (Å²) in [6.45, 7) is -2.65. The molecule has 0 bridgehead atoms. The molecule has 206 valence electrons. The van der Waals surface area contributed by atoms with Crippen LogP contribution in [-0.2, 0) is 10.0 Å². The number of hydrogen-bond donors (Lipinski definition) is 2. The molecule has 3 aliphatic rings. The van der Waals surface area contributed by atoms with Crippen molar-refractivity contribution in [3.05, 3.63) is 74.8 Å². The van der Waals surface area contributed by atoms with E-state index in [1.54, 1.807) is 11.6 Å². The van der Waals surface area contributed by atoms with E-state index >= 15 is 0 Å². The van der Waals surface area contributed by atoms with E-state index in [-0.39, 0.29) is 36.5 Å². The molecule has 3 aromatic rings. The number of aromatic nitrogens is 3. The Morgan fingerprint density at radius 1 is 1.23 bits per heavy atom. The Hall–Kier alpha value is -2.78. The van der Waals surface area contributed by atoms with Crippen molar-refractivity contribution in [3.63, 3.8) is 0 Å². The molecule has 2 N–H and O–H groups in total. The van der Waals surface area contributed by atoms with Gasteiger partial charge in [0.25, 0.3) is 0 Å². The smallest absolute Gasteiger partial charge is 0.333 e. The van der Waals surface area contributed by atoms with E-state index in [1.807, 2.05) is 4.90 Å². The van der Waals surface area contributed by atoms with Crippen LogP contribution in [-0.4, -0.2) is 63.0 Å². The summed E-state index contributed by atoms with van der Waals surface area (Å²) >= 11 is 7.79. The molecule has 0 unspecified atom stereocenters. The zero-order valence-corrected chi connectivity index (χ0v) is 22.5. The number of aliphatic imine (C=N–C) groups is 1. The fraction of sp³-hybridized carbons (Fsp3) is 0.375. The molecule has 2 fully saturated rings. The first-order chi connectivity index (χ1) is 18.6. The summed E-state index contributed by atoms with van der Waals surface area (Å²) < 4.78 is 70.1.